The molecule has 2 rings (SSSR count). The molecule has 0 fully saturated rings. The minimum absolute atomic E-state index is 0.398. The molecule has 0 amide bonds. The summed E-state index contributed by atoms with van der Waals surface area (Å²) in [5, 5.41) is 0. The molecule has 4 heteroatoms. The Morgan fingerprint density at radius 1 is 1.40 bits per heavy atom. The molecule has 0 saturated carbocycles. The van der Waals surface area contributed by atoms with Gasteiger partial charge in [0, 0.05) is 25.6 Å². The van der Waals surface area contributed by atoms with E-state index in [2.05, 4.69) is 4.98 Å². The number of pyridine rings is 1. The van der Waals surface area contributed by atoms with Crippen LogP contribution in [-0.4, -0.2) is 29.4 Å². The molecule has 1 atom stereocenters. The number of hydrogen-bond donors (Lipinski definition) is 0. The Balaban J connectivity index is 0.000000162. The molecule has 1 unspecified atom stereocenters. The van der Waals surface area contributed by atoms with Crippen LogP contribution in [0.5, 0.6) is 0 Å². The average molecular weight is 206 g/mol. The van der Waals surface area contributed by atoms with E-state index in [1.54, 1.807) is 30.5 Å². The highest BCUT2D eigenvalue weighted by atomic mass is 16.5. The maximum atomic E-state index is 10.2. The van der Waals surface area contributed by atoms with Crippen LogP contribution in [-0.2, 0) is 9.53 Å². The zero-order valence-corrected chi connectivity index (χ0v) is 8.83. The van der Waals surface area contributed by atoms with Gasteiger partial charge < -0.3 is 9.64 Å². The van der Waals surface area contributed by atoms with Crippen LogP contribution in [0, 0.1) is 0 Å². The normalized spacial score (nSPS) is 18.4. The van der Waals surface area contributed by atoms with Crippen LogP contribution < -0.4 is 0 Å². The smallest absolute Gasteiger partial charge is 0.227 e. The third-order valence-corrected chi connectivity index (χ3v) is 1.78. The minimum atomic E-state index is -0.398. The third kappa shape index (κ3) is 3.81. The fraction of sp³-hybridized carbons (Fsp3) is 0.273. The van der Waals surface area contributed by atoms with E-state index in [0.29, 0.717) is 0 Å². The van der Waals surface area contributed by atoms with Gasteiger partial charge in [0.1, 0.15) is 5.76 Å². The molecule has 15 heavy (non-hydrogen) atoms. The van der Waals surface area contributed by atoms with E-state index in [-0.39, 0.29) is 0 Å². The van der Waals surface area contributed by atoms with Crippen LogP contribution in [0.15, 0.2) is 42.6 Å². The maximum absolute atomic E-state index is 10.2. The van der Waals surface area contributed by atoms with Crippen LogP contribution >= 0.6 is 0 Å². The van der Waals surface area contributed by atoms with Gasteiger partial charge in [-0.3, -0.25) is 9.78 Å². The van der Waals surface area contributed by atoms with E-state index >= 15 is 0 Å². The van der Waals surface area contributed by atoms with Crippen molar-refractivity contribution in [3.8, 4) is 0 Å². The topological polar surface area (TPSA) is 42.4 Å². The van der Waals surface area contributed by atoms with E-state index in [1.165, 1.54) is 0 Å². The van der Waals surface area contributed by atoms with E-state index in [4.69, 9.17) is 4.74 Å². The Morgan fingerprint density at radius 3 is 2.27 bits per heavy atom. The Kier molecular flexibility index (Phi) is 4.34. The molecule has 0 saturated heterocycles. The lowest BCUT2D eigenvalue weighted by Crippen LogP contribution is -2.24. The van der Waals surface area contributed by atoms with Gasteiger partial charge in [-0.2, -0.15) is 0 Å². The molecule has 1 aliphatic rings. The standard InChI is InChI=1S/C6H9NO2.C5H5N/c1-5-3-7(2)6(4-8)9-5;1-2-4-6-5-3-1/h3-4,6H,1-2H3;1-5H. The lowest BCUT2D eigenvalue weighted by Gasteiger charge is -2.12. The summed E-state index contributed by atoms with van der Waals surface area (Å²) in [6, 6.07) is 5.72. The van der Waals surface area contributed by atoms with Crippen LogP contribution in [0.1, 0.15) is 6.92 Å². The molecule has 0 radical (unpaired) electrons. The second-order valence-corrected chi connectivity index (χ2v) is 3.07. The summed E-state index contributed by atoms with van der Waals surface area (Å²) < 4.78 is 5.04. The average Bonchev–Trinajstić information content (AvgIpc) is 2.60. The van der Waals surface area contributed by atoms with Gasteiger partial charge in [-0.15, -0.1) is 0 Å². The van der Waals surface area contributed by atoms with Crippen molar-refractivity contribution in [2.45, 2.75) is 13.2 Å². The number of carbonyl (C=O) groups is 1. The largest absolute Gasteiger partial charge is 0.467 e. The van der Waals surface area contributed by atoms with Gasteiger partial charge in [-0.1, -0.05) is 6.07 Å². The Labute approximate surface area is 89.2 Å². The number of ether oxygens (including phenoxy) is 1. The lowest BCUT2D eigenvalue weighted by atomic mass is 10.5. The SMILES string of the molecule is CC1=CN(C)C(C=O)O1.c1ccncc1. The number of aldehydes is 1. The van der Waals surface area contributed by atoms with Gasteiger partial charge in [0.25, 0.3) is 0 Å². The highest BCUT2D eigenvalue weighted by molar-refractivity contribution is 5.56. The number of nitrogens with zero attached hydrogens (tertiary/aromatic N) is 2. The molecule has 1 aromatic heterocycles. The van der Waals surface area contributed by atoms with Crippen molar-refractivity contribution in [3.63, 3.8) is 0 Å². The summed E-state index contributed by atoms with van der Waals surface area (Å²) >= 11 is 0. The van der Waals surface area contributed by atoms with Gasteiger partial charge in [0.15, 0.2) is 6.29 Å². The second kappa shape index (κ2) is 5.80. The second-order valence-electron chi connectivity index (χ2n) is 3.07. The first-order valence-electron chi connectivity index (χ1n) is 4.61. The van der Waals surface area contributed by atoms with Crippen LogP contribution in [0.25, 0.3) is 0 Å². The summed E-state index contributed by atoms with van der Waals surface area (Å²) in [5.74, 6) is 0.787. The quantitative estimate of drug-likeness (QED) is 0.652. The molecule has 0 aromatic carbocycles. The molecule has 0 bridgehead atoms. The van der Waals surface area contributed by atoms with Crippen molar-refractivity contribution >= 4 is 6.29 Å². The molecule has 0 aliphatic carbocycles. The van der Waals surface area contributed by atoms with E-state index in [1.807, 2.05) is 25.1 Å². The first-order valence-corrected chi connectivity index (χ1v) is 4.61. The number of aromatic nitrogens is 1. The lowest BCUT2D eigenvalue weighted by molar-refractivity contribution is -0.119. The molecule has 2 heterocycles. The zero-order valence-electron chi connectivity index (χ0n) is 8.83. The highest BCUT2D eigenvalue weighted by Crippen LogP contribution is 2.12. The third-order valence-electron chi connectivity index (χ3n) is 1.78. The van der Waals surface area contributed by atoms with Gasteiger partial charge in [0.05, 0.1) is 0 Å². The van der Waals surface area contributed by atoms with Crippen LogP contribution in [0.2, 0.25) is 0 Å². The van der Waals surface area contributed by atoms with Crippen molar-refractivity contribution in [3.05, 3.63) is 42.6 Å². The van der Waals surface area contributed by atoms with E-state index < -0.39 is 6.23 Å². The maximum Gasteiger partial charge on any atom is 0.227 e. The Morgan fingerprint density at radius 2 is 2.07 bits per heavy atom. The zero-order chi connectivity index (χ0) is 11.1. The van der Waals surface area contributed by atoms with Crippen LogP contribution in [0.4, 0.5) is 0 Å². The monoisotopic (exact) mass is 206 g/mol. The molecular weight excluding hydrogens is 192 g/mol. The summed E-state index contributed by atoms with van der Waals surface area (Å²) in [6.45, 7) is 1.82. The number of hydrogen-bond acceptors (Lipinski definition) is 4. The summed E-state index contributed by atoms with van der Waals surface area (Å²) in [4.78, 5) is 15.7. The molecule has 80 valence electrons. The van der Waals surface area contributed by atoms with Crippen LogP contribution in [0.3, 0.4) is 0 Å². The fourth-order valence-corrected chi connectivity index (χ4v) is 1.10. The molecule has 0 N–H and O–H groups in total. The molecule has 1 aromatic rings. The Bertz CT molecular complexity index is 298. The number of likely N-dealkylation sites (N-methyl/N-ethyl adjacent to an activating group) is 1. The van der Waals surface area contributed by atoms with Crippen molar-refractivity contribution in [2.75, 3.05) is 7.05 Å². The number of allylic oxidation sites excluding steroid dienone is 1. The fourth-order valence-electron chi connectivity index (χ4n) is 1.10. The minimum Gasteiger partial charge on any atom is -0.467 e. The first kappa shape index (κ1) is 11.2. The van der Waals surface area contributed by atoms with E-state index in [9.17, 15) is 4.79 Å². The molecule has 4 nitrogen and oxygen atoms in total. The van der Waals surface area contributed by atoms with Crippen molar-refractivity contribution < 1.29 is 9.53 Å². The predicted octanol–water partition coefficient (Wildman–Crippen LogP) is 1.42. The Hall–Kier alpha value is -1.84. The molecule has 0 spiro atoms. The molecule has 1 aliphatic heterocycles. The summed E-state index contributed by atoms with van der Waals surface area (Å²) in [7, 11) is 1.80. The van der Waals surface area contributed by atoms with E-state index in [0.717, 1.165) is 12.0 Å². The van der Waals surface area contributed by atoms with Crippen molar-refractivity contribution in [2.24, 2.45) is 0 Å². The van der Waals surface area contributed by atoms with Gasteiger partial charge in [-0.25, -0.2) is 0 Å². The summed E-state index contributed by atoms with van der Waals surface area (Å²) in [6.07, 6.45) is 5.66. The highest BCUT2D eigenvalue weighted by Gasteiger charge is 2.18. The van der Waals surface area contributed by atoms with Crippen molar-refractivity contribution in [1.82, 2.24) is 9.88 Å². The number of rotatable bonds is 1. The van der Waals surface area contributed by atoms with Crippen molar-refractivity contribution in [1.29, 1.82) is 0 Å². The summed E-state index contributed by atoms with van der Waals surface area (Å²) in [5.41, 5.74) is 0. The molecular formula is C11H14N2O2. The number of carbonyl (C=O) groups excluding carboxylic acids is 1. The first-order chi connectivity index (χ1) is 7.24. The van der Waals surface area contributed by atoms with Gasteiger partial charge in [-0.05, 0) is 19.1 Å². The van der Waals surface area contributed by atoms with Gasteiger partial charge in [0.2, 0.25) is 6.23 Å². The predicted molar refractivity (Wildman–Crippen MR) is 56.7 cm³/mol. The van der Waals surface area contributed by atoms with Gasteiger partial charge >= 0.3 is 0 Å².